The number of hydrogen-bond donors (Lipinski definition) is 6. The predicted molar refractivity (Wildman–Crippen MR) is 216 cm³/mol. The van der Waals surface area contributed by atoms with E-state index in [2.05, 4.69) is 25.7 Å². The third-order valence-corrected chi connectivity index (χ3v) is 11.2. The Morgan fingerprint density at radius 1 is 0.947 bits per heavy atom. The highest BCUT2D eigenvalue weighted by Gasteiger charge is 2.31. The quantitative estimate of drug-likeness (QED) is 0.0725. The van der Waals surface area contributed by atoms with Crippen molar-refractivity contribution in [1.29, 1.82) is 0 Å². The van der Waals surface area contributed by atoms with Gasteiger partial charge in [0.2, 0.25) is 33.7 Å². The molecule has 3 amide bonds. The fourth-order valence-electron chi connectivity index (χ4n) is 5.92. The van der Waals surface area contributed by atoms with E-state index in [1.165, 1.54) is 31.3 Å². The van der Waals surface area contributed by atoms with Crippen molar-refractivity contribution in [3.8, 4) is 0 Å². The van der Waals surface area contributed by atoms with Gasteiger partial charge in [-0.25, -0.2) is 23.4 Å². The van der Waals surface area contributed by atoms with Crippen molar-refractivity contribution in [2.75, 3.05) is 30.1 Å². The average molecular weight is 826 g/mol. The smallest absolute Gasteiger partial charge is 0.303 e. The van der Waals surface area contributed by atoms with Crippen LogP contribution in [-0.2, 0) is 41.0 Å². The lowest BCUT2D eigenvalue weighted by atomic mass is 10.1. The zero-order valence-corrected chi connectivity index (χ0v) is 34.0. The molecule has 9 N–H and O–H groups in total. The molecular weight excluding hydrogens is 778 g/mol. The number of anilines is 4. The highest BCUT2D eigenvalue weighted by molar-refractivity contribution is 7.89. The first-order chi connectivity index (χ1) is 26.9. The molecule has 4 rings (SSSR count). The number of rotatable bonds is 19. The van der Waals surface area contributed by atoms with E-state index < -0.39 is 64.7 Å². The van der Waals surface area contributed by atoms with Crippen LogP contribution in [0.25, 0.3) is 10.9 Å². The molecule has 0 fully saturated rings. The van der Waals surface area contributed by atoms with Gasteiger partial charge in [0.1, 0.15) is 11.9 Å². The van der Waals surface area contributed by atoms with Crippen molar-refractivity contribution in [1.82, 2.24) is 30.4 Å². The summed E-state index contributed by atoms with van der Waals surface area (Å²) in [4.78, 5) is 76.4. The number of sulfonamides is 1. The fourth-order valence-corrected chi connectivity index (χ4v) is 7.29. The number of carbonyl (C=O) groups is 5. The summed E-state index contributed by atoms with van der Waals surface area (Å²) >= 11 is 0. The monoisotopic (exact) mass is 825 g/mol. The van der Waals surface area contributed by atoms with Gasteiger partial charge in [0.15, 0.2) is 5.52 Å². The van der Waals surface area contributed by atoms with E-state index >= 15 is 0 Å². The molecule has 0 aliphatic heterocycles. The number of carbonyl (C=O) groups excluding carboxylic acids is 4. The van der Waals surface area contributed by atoms with E-state index in [0.29, 0.717) is 11.4 Å². The van der Waals surface area contributed by atoms with Gasteiger partial charge in [-0.05, 0) is 88.3 Å². The Morgan fingerprint density at radius 2 is 1.63 bits per heavy atom. The number of nitrogens with zero attached hydrogens (tertiary/aromatic N) is 6. The maximum atomic E-state index is 14.4. The molecule has 0 saturated carbocycles. The van der Waals surface area contributed by atoms with Crippen LogP contribution in [0.15, 0.2) is 53.6 Å². The Morgan fingerprint density at radius 3 is 2.28 bits per heavy atom. The minimum absolute atomic E-state index is 0.0399. The molecule has 2 aromatic carbocycles. The molecule has 4 atom stereocenters. The third kappa shape index (κ3) is 11.1. The topological polar surface area (TPSA) is 292 Å². The van der Waals surface area contributed by atoms with Gasteiger partial charge < -0.3 is 32.1 Å². The molecule has 0 saturated heterocycles. The van der Waals surface area contributed by atoms with E-state index in [4.69, 9.17) is 21.7 Å². The minimum Gasteiger partial charge on any atom is -0.481 e. The number of aryl methyl sites for hydroxylation is 3. The molecule has 0 aliphatic carbocycles. The minimum atomic E-state index is -4.25. The van der Waals surface area contributed by atoms with Crippen LogP contribution in [-0.4, -0.2) is 101 Å². The van der Waals surface area contributed by atoms with Gasteiger partial charge in [-0.2, -0.15) is 10.1 Å². The maximum Gasteiger partial charge on any atom is 0.303 e. The summed E-state index contributed by atoms with van der Waals surface area (Å²) in [5.74, 6) is -3.34. The van der Waals surface area contributed by atoms with Crippen molar-refractivity contribution in [3.05, 3.63) is 59.9 Å². The molecule has 0 aliphatic rings. The normalized spacial score (nSPS) is 13.3. The van der Waals surface area contributed by atoms with Gasteiger partial charge >= 0.3 is 5.97 Å². The fraction of sp³-hybridized carbons (Fsp3) is 0.389. The second-order valence-corrected chi connectivity index (χ2v) is 15.8. The first kappa shape index (κ1) is 44.3. The van der Waals surface area contributed by atoms with Crippen molar-refractivity contribution >= 4 is 81.9 Å². The second kappa shape index (κ2) is 19.2. The van der Waals surface area contributed by atoms with Crippen molar-refractivity contribution in [2.24, 2.45) is 23.7 Å². The first-order valence-electron chi connectivity index (χ1n) is 17.8. The van der Waals surface area contributed by atoms with Crippen molar-refractivity contribution in [2.45, 2.75) is 69.0 Å². The highest BCUT2D eigenvalue weighted by atomic mass is 32.2. The third-order valence-electron chi connectivity index (χ3n) is 9.28. The van der Waals surface area contributed by atoms with Crippen LogP contribution in [0, 0.1) is 13.8 Å². The van der Waals surface area contributed by atoms with Gasteiger partial charge in [-0.3, -0.25) is 28.7 Å². The highest BCUT2D eigenvalue weighted by Crippen LogP contribution is 2.31. The number of amides is 3. The van der Waals surface area contributed by atoms with Crippen molar-refractivity contribution in [3.63, 3.8) is 0 Å². The Balaban J connectivity index is 1.73. The summed E-state index contributed by atoms with van der Waals surface area (Å²) in [5.41, 5.74) is 14.1. The molecule has 2 heterocycles. The summed E-state index contributed by atoms with van der Waals surface area (Å²) in [6.07, 6.45) is 0.106. The number of aromatic nitrogens is 4. The van der Waals surface area contributed by atoms with E-state index in [9.17, 15) is 32.4 Å². The number of hydrogen-bond acceptors (Lipinski definition) is 13. The van der Waals surface area contributed by atoms with E-state index in [1.807, 2.05) is 32.2 Å². The SMILES string of the molecule is CPC(=O)[C@H](CCN)NC(=O)[C@H](CCC(=O)N(c1ccc(C)c(S(N)(=O)=O)c1)c1nccc(N(C)c2ccc3c(C)n(C)nc3c2)n1)NC(=O)[C@@H](N)CCC(=O)O. The van der Waals surface area contributed by atoms with Crippen LogP contribution in [0.2, 0.25) is 0 Å². The van der Waals surface area contributed by atoms with Crippen LogP contribution < -0.4 is 37.0 Å². The summed E-state index contributed by atoms with van der Waals surface area (Å²) in [7, 11) is -0.806. The number of nitrogens with two attached hydrogens (primary N) is 3. The predicted octanol–water partition coefficient (Wildman–Crippen LogP) is 1.19. The standard InChI is InChI=1S/C36H48N11O8PS/c1-20-6-7-23(19-29(20)57(39,54)55)47(36-40-17-15-30(43-36)45(3)22-8-9-24-21(2)46(4)44-28(24)18-22)31(48)12-11-26(41-33(51)25(38)10-13-32(49)50)34(52)42-27(14-16-37)35(53)56-5/h6-9,15,17-19,25-27,56H,10-14,16,37-38H2,1-5H3,(H,41,51)(H,42,52)(H,49,50)(H2,39,54,55)/t25-,26-,27-/m0/s1. The first-order valence-corrected chi connectivity index (χ1v) is 20.9. The van der Waals surface area contributed by atoms with Gasteiger partial charge in [0.05, 0.1) is 28.2 Å². The summed E-state index contributed by atoms with van der Waals surface area (Å²) in [6, 6.07) is 7.79. The van der Waals surface area contributed by atoms with Crippen LogP contribution >= 0.6 is 8.58 Å². The van der Waals surface area contributed by atoms with Crippen LogP contribution in [0.3, 0.4) is 0 Å². The van der Waals surface area contributed by atoms with Crippen LogP contribution in [0.1, 0.15) is 43.4 Å². The number of primary sulfonamides is 1. The summed E-state index contributed by atoms with van der Waals surface area (Å²) in [6.45, 7) is 5.22. The number of aliphatic carboxylic acids is 1. The number of nitrogens with one attached hydrogen (secondary N) is 2. The lowest BCUT2D eigenvalue weighted by molar-refractivity contribution is -0.137. The maximum absolute atomic E-state index is 14.4. The molecule has 4 aromatic rings. The van der Waals surface area contributed by atoms with E-state index in [0.717, 1.165) is 27.2 Å². The second-order valence-electron chi connectivity index (χ2n) is 13.3. The van der Waals surface area contributed by atoms with Gasteiger partial charge in [0.25, 0.3) is 0 Å². The molecule has 19 nitrogen and oxygen atoms in total. The molecule has 2 aromatic heterocycles. The number of benzene rings is 2. The average Bonchev–Trinajstić information content (AvgIpc) is 3.46. The molecule has 21 heteroatoms. The largest absolute Gasteiger partial charge is 0.481 e. The van der Waals surface area contributed by atoms with E-state index in [-0.39, 0.29) is 56.4 Å². The lowest BCUT2D eigenvalue weighted by Crippen LogP contribution is -2.54. The Labute approximate surface area is 331 Å². The Hall–Kier alpha value is -5.40. The molecule has 0 bridgehead atoms. The zero-order valence-electron chi connectivity index (χ0n) is 32.2. The van der Waals surface area contributed by atoms with Gasteiger partial charge in [0, 0.05) is 49.9 Å². The Bertz CT molecular complexity index is 2270. The van der Waals surface area contributed by atoms with Crippen molar-refractivity contribution < 1.29 is 37.5 Å². The Kier molecular flexibility index (Phi) is 14.9. The lowest BCUT2D eigenvalue weighted by Gasteiger charge is -2.26. The zero-order chi connectivity index (χ0) is 42.2. The van der Waals surface area contributed by atoms with Crippen LogP contribution in [0.4, 0.5) is 23.1 Å². The number of carboxylic acids is 1. The summed E-state index contributed by atoms with van der Waals surface area (Å²) < 4.78 is 26.9. The van der Waals surface area contributed by atoms with Gasteiger partial charge in [-0.1, -0.05) is 14.6 Å². The number of fused-ring (bicyclic) bond motifs is 1. The van der Waals surface area contributed by atoms with Crippen LogP contribution in [0.5, 0.6) is 0 Å². The molecule has 1 unspecified atom stereocenters. The summed E-state index contributed by atoms with van der Waals surface area (Å²) in [5, 5.41) is 25.2. The van der Waals surface area contributed by atoms with Gasteiger partial charge in [-0.15, -0.1) is 0 Å². The molecule has 0 spiro atoms. The molecule has 306 valence electrons. The van der Waals surface area contributed by atoms with E-state index in [1.54, 1.807) is 29.4 Å². The molecular formula is C36H48N11O8PS. The number of carboxylic acid groups (broad SMARTS) is 1. The molecule has 0 radical (unpaired) electrons. The molecule has 57 heavy (non-hydrogen) atoms.